The summed E-state index contributed by atoms with van der Waals surface area (Å²) >= 11 is 0. The summed E-state index contributed by atoms with van der Waals surface area (Å²) in [5.41, 5.74) is 1.83. The molecular formula is C22H25N5O3. The molecule has 3 rings (SSSR count). The van der Waals surface area contributed by atoms with E-state index in [1.165, 1.54) is 4.68 Å². The zero-order chi connectivity index (χ0) is 21.5. The molecule has 1 atom stereocenters. The van der Waals surface area contributed by atoms with Crippen LogP contribution in [0.25, 0.3) is 10.9 Å². The summed E-state index contributed by atoms with van der Waals surface area (Å²) in [6.45, 7) is 4.32. The second kappa shape index (κ2) is 9.78. The lowest BCUT2D eigenvalue weighted by Gasteiger charge is -2.11. The Morgan fingerprint density at radius 1 is 1.13 bits per heavy atom. The third-order valence-corrected chi connectivity index (χ3v) is 4.92. The van der Waals surface area contributed by atoms with Gasteiger partial charge in [-0.1, -0.05) is 43.3 Å². The van der Waals surface area contributed by atoms with Gasteiger partial charge in [-0.2, -0.15) is 0 Å². The number of hydrogen-bond donors (Lipinski definition) is 2. The van der Waals surface area contributed by atoms with E-state index in [9.17, 15) is 14.4 Å². The summed E-state index contributed by atoms with van der Waals surface area (Å²) in [5, 5.41) is 14.1. The van der Waals surface area contributed by atoms with Gasteiger partial charge in [0.15, 0.2) is 0 Å². The van der Waals surface area contributed by atoms with Gasteiger partial charge >= 0.3 is 0 Å². The van der Waals surface area contributed by atoms with Crippen molar-refractivity contribution in [2.45, 2.75) is 39.8 Å². The Labute approximate surface area is 174 Å². The van der Waals surface area contributed by atoms with Crippen molar-refractivity contribution >= 4 is 28.4 Å². The maximum Gasteiger partial charge on any atom is 0.277 e. The fraction of sp³-hybridized carbons (Fsp3) is 0.318. The molecule has 30 heavy (non-hydrogen) atoms. The highest BCUT2D eigenvalue weighted by atomic mass is 16.2. The molecule has 0 spiro atoms. The molecule has 0 fully saturated rings. The van der Waals surface area contributed by atoms with Gasteiger partial charge in [0.1, 0.15) is 5.52 Å². The second-order valence-corrected chi connectivity index (χ2v) is 7.16. The molecule has 2 amide bonds. The number of benzene rings is 2. The Hall–Kier alpha value is -3.55. The molecule has 1 aromatic heterocycles. The number of hydrogen-bond acceptors (Lipinski definition) is 5. The first-order valence-corrected chi connectivity index (χ1v) is 9.97. The predicted octanol–water partition coefficient (Wildman–Crippen LogP) is 2.48. The van der Waals surface area contributed by atoms with Crippen molar-refractivity contribution in [2.24, 2.45) is 5.92 Å². The zero-order valence-electron chi connectivity index (χ0n) is 17.1. The summed E-state index contributed by atoms with van der Waals surface area (Å²) in [4.78, 5) is 36.7. The molecule has 1 heterocycles. The molecule has 0 aliphatic carbocycles. The van der Waals surface area contributed by atoms with Crippen LogP contribution in [0.2, 0.25) is 0 Å². The normalized spacial score (nSPS) is 11.8. The highest BCUT2D eigenvalue weighted by molar-refractivity contribution is 5.92. The van der Waals surface area contributed by atoms with Crippen molar-refractivity contribution in [3.05, 3.63) is 64.4 Å². The van der Waals surface area contributed by atoms with Crippen molar-refractivity contribution in [2.75, 3.05) is 5.32 Å². The van der Waals surface area contributed by atoms with Gasteiger partial charge < -0.3 is 10.6 Å². The predicted molar refractivity (Wildman–Crippen MR) is 115 cm³/mol. The van der Waals surface area contributed by atoms with Gasteiger partial charge in [0, 0.05) is 24.6 Å². The van der Waals surface area contributed by atoms with Crippen LogP contribution in [0.4, 0.5) is 5.69 Å². The van der Waals surface area contributed by atoms with Crippen LogP contribution in [0.1, 0.15) is 32.3 Å². The maximum absolute atomic E-state index is 12.4. The molecule has 0 saturated heterocycles. The number of fused-ring (bicyclic) bond motifs is 1. The van der Waals surface area contributed by atoms with Crippen LogP contribution >= 0.6 is 0 Å². The smallest absolute Gasteiger partial charge is 0.277 e. The highest BCUT2D eigenvalue weighted by Crippen LogP contribution is 2.13. The van der Waals surface area contributed by atoms with Crippen LogP contribution < -0.4 is 16.2 Å². The number of aryl methyl sites for hydroxylation is 1. The van der Waals surface area contributed by atoms with Gasteiger partial charge in [0.2, 0.25) is 11.8 Å². The number of carbonyl (C=O) groups is 2. The molecule has 0 radical (unpaired) electrons. The quantitative estimate of drug-likeness (QED) is 0.597. The Morgan fingerprint density at radius 3 is 2.73 bits per heavy atom. The Bertz CT molecular complexity index is 1110. The van der Waals surface area contributed by atoms with Crippen molar-refractivity contribution < 1.29 is 9.59 Å². The van der Waals surface area contributed by atoms with Crippen molar-refractivity contribution in [1.29, 1.82) is 0 Å². The van der Waals surface area contributed by atoms with E-state index in [0.29, 0.717) is 23.1 Å². The second-order valence-electron chi connectivity index (χ2n) is 7.16. The minimum atomic E-state index is -0.266. The first-order valence-electron chi connectivity index (χ1n) is 9.97. The molecule has 0 aliphatic heterocycles. The fourth-order valence-electron chi connectivity index (χ4n) is 2.88. The van der Waals surface area contributed by atoms with Gasteiger partial charge in [0.05, 0.1) is 11.9 Å². The molecule has 0 aliphatic rings. The van der Waals surface area contributed by atoms with E-state index < -0.39 is 0 Å². The first kappa shape index (κ1) is 21.2. The summed E-state index contributed by atoms with van der Waals surface area (Å²) < 4.78 is 1.20. The van der Waals surface area contributed by atoms with E-state index >= 15 is 0 Å². The number of aromatic nitrogens is 3. The topological polar surface area (TPSA) is 106 Å². The summed E-state index contributed by atoms with van der Waals surface area (Å²) in [6.07, 6.45) is 0.879. The molecule has 2 aromatic carbocycles. The molecule has 156 valence electrons. The lowest BCUT2D eigenvalue weighted by Crippen LogP contribution is -2.29. The molecule has 2 N–H and O–H groups in total. The largest absolute Gasteiger partial charge is 0.352 e. The zero-order valence-corrected chi connectivity index (χ0v) is 17.1. The van der Waals surface area contributed by atoms with Crippen molar-refractivity contribution in [3.63, 3.8) is 0 Å². The number of nitrogens with zero attached hydrogens (tertiary/aromatic N) is 3. The third-order valence-electron chi connectivity index (χ3n) is 4.92. The highest BCUT2D eigenvalue weighted by Gasteiger charge is 2.11. The number of amides is 2. The molecule has 8 nitrogen and oxygen atoms in total. The number of carbonyl (C=O) groups excluding carboxylic acids is 2. The molecule has 3 aromatic rings. The molecule has 0 saturated carbocycles. The van der Waals surface area contributed by atoms with Crippen LogP contribution in [-0.4, -0.2) is 26.8 Å². The van der Waals surface area contributed by atoms with E-state index in [-0.39, 0.29) is 36.3 Å². The van der Waals surface area contributed by atoms with E-state index in [1.54, 1.807) is 24.3 Å². The van der Waals surface area contributed by atoms with Gasteiger partial charge in [-0.15, -0.1) is 5.10 Å². The summed E-state index contributed by atoms with van der Waals surface area (Å²) in [5.74, 6) is -0.290. The number of rotatable bonds is 8. The molecule has 0 bridgehead atoms. The number of anilines is 1. The van der Waals surface area contributed by atoms with Gasteiger partial charge in [-0.25, -0.2) is 4.68 Å². The van der Waals surface area contributed by atoms with Crippen LogP contribution in [0.15, 0.2) is 53.3 Å². The summed E-state index contributed by atoms with van der Waals surface area (Å²) in [7, 11) is 0. The Kier molecular flexibility index (Phi) is 6.90. The SMILES string of the molecule is CC[C@H](C)C(=O)Nc1cccc(CNC(=O)CCn2nnc3ccccc3c2=O)c1. The minimum Gasteiger partial charge on any atom is -0.352 e. The van der Waals surface area contributed by atoms with E-state index in [2.05, 4.69) is 20.9 Å². The monoisotopic (exact) mass is 407 g/mol. The first-order chi connectivity index (χ1) is 14.5. The van der Waals surface area contributed by atoms with Crippen LogP contribution in [-0.2, 0) is 22.7 Å². The van der Waals surface area contributed by atoms with Crippen molar-refractivity contribution in [3.8, 4) is 0 Å². The van der Waals surface area contributed by atoms with Crippen LogP contribution in [0, 0.1) is 5.92 Å². The van der Waals surface area contributed by atoms with Gasteiger partial charge in [-0.05, 0) is 36.2 Å². The maximum atomic E-state index is 12.4. The average Bonchev–Trinajstić information content (AvgIpc) is 2.77. The van der Waals surface area contributed by atoms with E-state index in [1.807, 2.05) is 38.1 Å². The van der Waals surface area contributed by atoms with Gasteiger partial charge in [0.25, 0.3) is 5.56 Å². The van der Waals surface area contributed by atoms with Gasteiger partial charge in [-0.3, -0.25) is 14.4 Å². The molecular weight excluding hydrogens is 382 g/mol. The molecule has 8 heteroatoms. The Balaban J connectivity index is 1.54. The number of nitrogens with one attached hydrogen (secondary N) is 2. The standard InChI is InChI=1S/C22H25N5O3/c1-3-15(2)21(29)24-17-8-6-7-16(13-17)14-23-20(28)11-12-27-22(30)18-9-4-5-10-19(18)25-26-27/h4-10,13,15H,3,11-12,14H2,1-2H3,(H,23,28)(H,24,29)/t15-/m0/s1. The lowest BCUT2D eigenvalue weighted by molar-refractivity contribution is -0.121. The molecule has 0 unspecified atom stereocenters. The third kappa shape index (κ3) is 5.28. The van der Waals surface area contributed by atoms with Crippen LogP contribution in [0.3, 0.4) is 0 Å². The van der Waals surface area contributed by atoms with Crippen LogP contribution in [0.5, 0.6) is 0 Å². The lowest BCUT2D eigenvalue weighted by atomic mass is 10.1. The minimum absolute atomic E-state index is 0.0272. The van der Waals surface area contributed by atoms with Crippen molar-refractivity contribution in [1.82, 2.24) is 20.3 Å². The summed E-state index contributed by atoms with van der Waals surface area (Å²) in [6, 6.07) is 14.3. The fourth-order valence-corrected chi connectivity index (χ4v) is 2.88. The van der Waals surface area contributed by atoms with E-state index in [4.69, 9.17) is 0 Å². The van der Waals surface area contributed by atoms with E-state index in [0.717, 1.165) is 12.0 Å². The Morgan fingerprint density at radius 2 is 1.93 bits per heavy atom. The average molecular weight is 407 g/mol.